The van der Waals surface area contributed by atoms with Crippen LogP contribution in [0.2, 0.25) is 0 Å². The summed E-state index contributed by atoms with van der Waals surface area (Å²) in [5.74, 6) is 0.358. The van der Waals surface area contributed by atoms with Crippen molar-refractivity contribution in [1.82, 2.24) is 0 Å². The summed E-state index contributed by atoms with van der Waals surface area (Å²) in [7, 11) is 0. The van der Waals surface area contributed by atoms with Crippen LogP contribution in [0.1, 0.15) is 20.8 Å². The quantitative estimate of drug-likeness (QED) is 0.699. The maximum atomic E-state index is 10.7. The van der Waals surface area contributed by atoms with Crippen molar-refractivity contribution in [2.24, 2.45) is 11.7 Å². The highest BCUT2D eigenvalue weighted by Crippen LogP contribution is 2.55. The minimum Gasteiger partial charge on any atom is -0.366 e. The van der Waals surface area contributed by atoms with Crippen LogP contribution in [0.25, 0.3) is 0 Å². The zero-order valence-electron chi connectivity index (χ0n) is 7.46. The molecule has 1 fully saturated rings. The fourth-order valence-electron chi connectivity index (χ4n) is 0.769. The van der Waals surface area contributed by atoms with E-state index in [-0.39, 0.29) is 5.91 Å². The number of thioether (sulfide) groups is 2. The Bertz CT molecular complexity index is 227. The molecule has 2 N–H and O–H groups in total. The van der Waals surface area contributed by atoms with E-state index >= 15 is 0 Å². The smallest absolute Gasteiger partial charge is 0.245 e. The molecule has 0 aromatic rings. The van der Waals surface area contributed by atoms with Crippen molar-refractivity contribution in [1.29, 1.82) is 0 Å². The van der Waals surface area contributed by atoms with Crippen LogP contribution < -0.4 is 5.73 Å². The molecule has 12 heavy (non-hydrogen) atoms. The summed E-state index contributed by atoms with van der Waals surface area (Å²) >= 11 is 3.52. The highest BCUT2D eigenvalue weighted by atomic mass is 32.3. The van der Waals surface area contributed by atoms with Gasteiger partial charge in [0.1, 0.15) is 0 Å². The first-order valence-corrected chi connectivity index (χ1v) is 5.62. The van der Waals surface area contributed by atoms with Gasteiger partial charge in [-0.1, -0.05) is 13.8 Å². The fourth-order valence-corrected chi connectivity index (χ4v) is 3.22. The Kier molecular flexibility index (Phi) is 3.12. The van der Waals surface area contributed by atoms with Crippen molar-refractivity contribution in [3.05, 3.63) is 9.81 Å². The summed E-state index contributed by atoms with van der Waals surface area (Å²) in [5, 5.41) is 0. The molecule has 1 heterocycles. The SMILES string of the molecule is CC(C(N)=O)=C1SC(C(C)C)S1. The molecule has 4 heteroatoms. The normalized spacial score (nSPS) is 22.3. The molecule has 0 saturated carbocycles. The minimum absolute atomic E-state index is 0.299. The molecule has 68 valence electrons. The Morgan fingerprint density at radius 1 is 1.50 bits per heavy atom. The number of rotatable bonds is 2. The van der Waals surface area contributed by atoms with Gasteiger partial charge in [-0.2, -0.15) is 0 Å². The highest BCUT2D eigenvalue weighted by molar-refractivity contribution is 8.38. The lowest BCUT2D eigenvalue weighted by Crippen LogP contribution is -2.19. The summed E-state index contributed by atoms with van der Waals surface area (Å²) in [6.07, 6.45) is 0. The highest BCUT2D eigenvalue weighted by Gasteiger charge is 2.30. The molecular formula is C8H13NOS2. The van der Waals surface area contributed by atoms with Gasteiger partial charge < -0.3 is 5.73 Å². The molecule has 0 aliphatic carbocycles. The van der Waals surface area contributed by atoms with E-state index < -0.39 is 0 Å². The van der Waals surface area contributed by atoms with Gasteiger partial charge in [0, 0.05) is 5.57 Å². The average Bonchev–Trinajstić information content (AvgIpc) is 1.82. The first-order valence-electron chi connectivity index (χ1n) is 3.86. The van der Waals surface area contributed by atoms with E-state index in [0.29, 0.717) is 16.1 Å². The summed E-state index contributed by atoms with van der Waals surface area (Å²) in [6, 6.07) is 0. The predicted molar refractivity (Wildman–Crippen MR) is 55.7 cm³/mol. The average molecular weight is 203 g/mol. The van der Waals surface area contributed by atoms with Crippen molar-refractivity contribution >= 4 is 29.4 Å². The van der Waals surface area contributed by atoms with E-state index in [1.165, 1.54) is 0 Å². The van der Waals surface area contributed by atoms with Crippen molar-refractivity contribution in [2.75, 3.05) is 0 Å². The molecule has 0 atom stereocenters. The van der Waals surface area contributed by atoms with E-state index in [1.807, 2.05) is 0 Å². The van der Waals surface area contributed by atoms with E-state index in [9.17, 15) is 4.79 Å². The Morgan fingerprint density at radius 3 is 2.33 bits per heavy atom. The van der Waals surface area contributed by atoms with Crippen LogP contribution in [0.5, 0.6) is 0 Å². The summed E-state index contributed by atoms with van der Waals surface area (Å²) in [4.78, 5) is 10.7. The summed E-state index contributed by atoms with van der Waals surface area (Å²) in [6.45, 7) is 6.15. The lowest BCUT2D eigenvalue weighted by molar-refractivity contribution is -0.114. The van der Waals surface area contributed by atoms with Gasteiger partial charge in [0.15, 0.2) is 0 Å². The number of amides is 1. The van der Waals surface area contributed by atoms with Crippen LogP contribution in [0.15, 0.2) is 9.81 Å². The van der Waals surface area contributed by atoms with Crippen molar-refractivity contribution in [3.8, 4) is 0 Å². The number of primary amides is 1. The molecule has 1 aliphatic heterocycles. The molecule has 1 rings (SSSR count). The van der Waals surface area contributed by atoms with Crippen molar-refractivity contribution < 1.29 is 4.79 Å². The van der Waals surface area contributed by atoms with Gasteiger partial charge in [-0.05, 0) is 12.8 Å². The maximum Gasteiger partial charge on any atom is 0.245 e. The first-order chi connectivity index (χ1) is 5.52. The van der Waals surface area contributed by atoms with Crippen LogP contribution in [-0.4, -0.2) is 10.5 Å². The monoisotopic (exact) mass is 203 g/mol. The third-order valence-electron chi connectivity index (χ3n) is 1.67. The molecule has 0 unspecified atom stereocenters. The first kappa shape index (κ1) is 9.99. The van der Waals surface area contributed by atoms with Crippen LogP contribution in [0.4, 0.5) is 0 Å². The van der Waals surface area contributed by atoms with Gasteiger partial charge in [0.25, 0.3) is 0 Å². The Balaban J connectivity index is 2.53. The molecule has 2 nitrogen and oxygen atoms in total. The Hall–Kier alpha value is -0.0900. The summed E-state index contributed by atoms with van der Waals surface area (Å²) in [5.41, 5.74) is 5.85. The van der Waals surface area contributed by atoms with E-state index in [1.54, 1.807) is 30.4 Å². The largest absolute Gasteiger partial charge is 0.366 e. The molecular weight excluding hydrogens is 190 g/mol. The molecule has 0 aromatic carbocycles. The Morgan fingerprint density at radius 2 is 2.00 bits per heavy atom. The second-order valence-electron chi connectivity index (χ2n) is 3.12. The molecule has 0 spiro atoms. The van der Waals surface area contributed by atoms with Gasteiger partial charge in [0.2, 0.25) is 5.91 Å². The number of hydrogen-bond donors (Lipinski definition) is 1. The topological polar surface area (TPSA) is 43.1 Å². The molecule has 0 radical (unpaired) electrons. The third-order valence-corrected chi connectivity index (χ3v) is 5.42. The van der Waals surface area contributed by atoms with Crippen LogP contribution in [0, 0.1) is 5.92 Å². The van der Waals surface area contributed by atoms with E-state index in [0.717, 1.165) is 4.24 Å². The zero-order chi connectivity index (χ0) is 9.30. The molecule has 1 aliphatic rings. The number of carbonyl (C=O) groups excluding carboxylic acids is 1. The molecule has 1 saturated heterocycles. The third kappa shape index (κ3) is 1.98. The van der Waals surface area contributed by atoms with Crippen LogP contribution in [-0.2, 0) is 4.79 Å². The van der Waals surface area contributed by atoms with Crippen molar-refractivity contribution in [3.63, 3.8) is 0 Å². The lowest BCUT2D eigenvalue weighted by Gasteiger charge is -2.31. The van der Waals surface area contributed by atoms with Crippen LogP contribution >= 0.6 is 23.5 Å². The second kappa shape index (κ2) is 3.75. The van der Waals surface area contributed by atoms with Gasteiger partial charge in [-0.15, -0.1) is 23.5 Å². The van der Waals surface area contributed by atoms with Gasteiger partial charge in [-0.3, -0.25) is 4.79 Å². The predicted octanol–water partition coefficient (Wildman–Crippen LogP) is 2.17. The van der Waals surface area contributed by atoms with Gasteiger partial charge in [-0.25, -0.2) is 0 Å². The lowest BCUT2D eigenvalue weighted by atomic mass is 10.3. The minimum atomic E-state index is -0.299. The fraction of sp³-hybridized carbons (Fsp3) is 0.625. The second-order valence-corrected chi connectivity index (χ2v) is 5.99. The van der Waals surface area contributed by atoms with Crippen molar-refractivity contribution in [2.45, 2.75) is 25.4 Å². The number of hydrogen-bond acceptors (Lipinski definition) is 3. The van der Waals surface area contributed by atoms with Crippen LogP contribution in [0.3, 0.4) is 0 Å². The standard InChI is InChI=1S/C8H13NOS2/c1-4(2)7-11-8(12-7)5(3)6(9)10/h4,7H,1-3H3,(H2,9,10). The maximum absolute atomic E-state index is 10.7. The van der Waals surface area contributed by atoms with E-state index in [2.05, 4.69) is 13.8 Å². The van der Waals surface area contributed by atoms with E-state index in [4.69, 9.17) is 5.73 Å². The van der Waals surface area contributed by atoms with Gasteiger partial charge in [0.05, 0.1) is 8.82 Å². The summed E-state index contributed by atoms with van der Waals surface area (Å²) < 4.78 is 1.70. The van der Waals surface area contributed by atoms with Gasteiger partial charge >= 0.3 is 0 Å². The molecule has 0 aromatic heterocycles. The Labute approximate surface area is 81.3 Å². The molecule has 0 bridgehead atoms. The molecule has 1 amide bonds. The zero-order valence-corrected chi connectivity index (χ0v) is 9.09. The number of carbonyl (C=O) groups is 1. The number of nitrogens with two attached hydrogens (primary N) is 1.